The number of rotatable bonds is 6. The Hall–Kier alpha value is -4.00. The van der Waals surface area contributed by atoms with Crippen molar-refractivity contribution in [1.29, 1.82) is 0 Å². The summed E-state index contributed by atoms with van der Waals surface area (Å²) >= 11 is 0. The van der Waals surface area contributed by atoms with Crippen molar-refractivity contribution in [2.45, 2.75) is 13.0 Å². The highest BCUT2D eigenvalue weighted by Crippen LogP contribution is 2.42. The van der Waals surface area contributed by atoms with Crippen molar-refractivity contribution in [2.75, 3.05) is 30.5 Å². The molecule has 7 nitrogen and oxygen atoms in total. The number of nitrogens with zero attached hydrogens (tertiary/aromatic N) is 2. The molecule has 1 aliphatic heterocycles. The molecule has 1 unspecified atom stereocenters. The number of carbonyl (C=O) groups is 2. The molecule has 2 aromatic carbocycles. The number of ketones is 1. The third-order valence-electron chi connectivity index (χ3n) is 5.32. The van der Waals surface area contributed by atoms with Gasteiger partial charge in [0.25, 0.3) is 11.7 Å². The van der Waals surface area contributed by atoms with E-state index in [1.165, 1.54) is 11.2 Å². The average molecular weight is 432 g/mol. The lowest BCUT2D eigenvalue weighted by atomic mass is 9.99. The first kappa shape index (κ1) is 21.2. The van der Waals surface area contributed by atoms with Gasteiger partial charge in [0.05, 0.1) is 18.4 Å². The van der Waals surface area contributed by atoms with E-state index in [2.05, 4.69) is 0 Å². The number of aliphatic hydroxyl groups is 1. The Bertz CT molecular complexity index is 1160. The fourth-order valence-corrected chi connectivity index (χ4v) is 3.78. The van der Waals surface area contributed by atoms with Gasteiger partial charge in [-0.15, -0.1) is 0 Å². The Kier molecular flexibility index (Phi) is 5.73. The maximum atomic E-state index is 13.1. The number of aliphatic hydroxyl groups excluding tert-OH is 1. The summed E-state index contributed by atoms with van der Waals surface area (Å²) in [7, 11) is 3.83. The molecule has 1 saturated heterocycles. The molecule has 0 radical (unpaired) electrons. The molecule has 1 atom stereocenters. The fourth-order valence-electron chi connectivity index (χ4n) is 3.78. The summed E-state index contributed by atoms with van der Waals surface area (Å²) in [6, 6.07) is 16.5. The van der Waals surface area contributed by atoms with Gasteiger partial charge < -0.3 is 19.2 Å². The van der Waals surface area contributed by atoms with E-state index in [9.17, 15) is 14.7 Å². The normalized spacial score (nSPS) is 17.6. The molecule has 164 valence electrons. The van der Waals surface area contributed by atoms with Crippen molar-refractivity contribution < 1.29 is 23.8 Å². The van der Waals surface area contributed by atoms with Crippen LogP contribution in [0, 0.1) is 0 Å². The van der Waals surface area contributed by atoms with Crippen LogP contribution in [0.4, 0.5) is 11.4 Å². The monoisotopic (exact) mass is 432 g/mol. The highest BCUT2D eigenvalue weighted by molar-refractivity contribution is 6.51. The van der Waals surface area contributed by atoms with Gasteiger partial charge >= 0.3 is 0 Å². The van der Waals surface area contributed by atoms with Crippen LogP contribution in [0.25, 0.3) is 5.76 Å². The molecule has 7 heteroatoms. The lowest BCUT2D eigenvalue weighted by Crippen LogP contribution is -2.29. The molecule has 32 heavy (non-hydrogen) atoms. The van der Waals surface area contributed by atoms with Gasteiger partial charge in [0, 0.05) is 31.0 Å². The Morgan fingerprint density at radius 1 is 1.09 bits per heavy atom. The van der Waals surface area contributed by atoms with Crippen LogP contribution in [0.2, 0.25) is 0 Å². The zero-order chi connectivity index (χ0) is 22.8. The van der Waals surface area contributed by atoms with E-state index in [4.69, 9.17) is 9.15 Å². The smallest absolute Gasteiger partial charge is 0.300 e. The maximum Gasteiger partial charge on any atom is 0.300 e. The van der Waals surface area contributed by atoms with Crippen LogP contribution in [0.5, 0.6) is 5.75 Å². The minimum absolute atomic E-state index is 0.0321. The van der Waals surface area contributed by atoms with Gasteiger partial charge in [-0.25, -0.2) is 0 Å². The van der Waals surface area contributed by atoms with Gasteiger partial charge in [-0.1, -0.05) is 12.1 Å². The van der Waals surface area contributed by atoms with E-state index in [1.54, 1.807) is 48.5 Å². The van der Waals surface area contributed by atoms with Gasteiger partial charge in [-0.3, -0.25) is 14.5 Å². The molecule has 2 heterocycles. The van der Waals surface area contributed by atoms with E-state index >= 15 is 0 Å². The number of anilines is 2. The van der Waals surface area contributed by atoms with Gasteiger partial charge in [0.2, 0.25) is 0 Å². The first-order chi connectivity index (χ1) is 15.4. The number of benzene rings is 2. The van der Waals surface area contributed by atoms with Gasteiger partial charge in [0.15, 0.2) is 0 Å². The van der Waals surface area contributed by atoms with E-state index in [-0.39, 0.29) is 11.3 Å². The van der Waals surface area contributed by atoms with Crippen LogP contribution in [-0.4, -0.2) is 37.5 Å². The molecular formula is C25H24N2O5. The number of Topliss-reactive ketones (excluding diaryl/α,β-unsaturated/α-hetero) is 1. The topological polar surface area (TPSA) is 83.2 Å². The summed E-state index contributed by atoms with van der Waals surface area (Å²) < 4.78 is 11.1. The standard InChI is InChI=1S/C25H24N2O5/c1-4-31-19-8-5-7-16(15-19)23(28)21-22(20-9-6-14-32-20)27(25(30)24(21)29)18-12-10-17(11-13-18)26(2)3/h5-15,22,28H,4H2,1-3H3/b23-21-. The number of ether oxygens (including phenoxy) is 1. The lowest BCUT2D eigenvalue weighted by Gasteiger charge is -2.24. The summed E-state index contributed by atoms with van der Waals surface area (Å²) in [5, 5.41) is 11.1. The summed E-state index contributed by atoms with van der Waals surface area (Å²) in [5.74, 6) is -0.851. The second-order valence-corrected chi connectivity index (χ2v) is 7.56. The number of hydrogen-bond donors (Lipinski definition) is 1. The SMILES string of the molecule is CCOc1cccc(/C(O)=C2/C(=O)C(=O)N(c3ccc(N(C)C)cc3)C2c2ccco2)c1. The lowest BCUT2D eigenvalue weighted by molar-refractivity contribution is -0.132. The first-order valence-electron chi connectivity index (χ1n) is 10.3. The van der Waals surface area contributed by atoms with Crippen molar-refractivity contribution >= 4 is 28.8 Å². The van der Waals surface area contributed by atoms with Crippen LogP contribution in [0.3, 0.4) is 0 Å². The molecule has 0 spiro atoms. The van der Waals surface area contributed by atoms with E-state index in [1.807, 2.05) is 38.1 Å². The minimum Gasteiger partial charge on any atom is -0.507 e. The number of carbonyl (C=O) groups excluding carboxylic acids is 2. The molecule has 0 saturated carbocycles. The van der Waals surface area contributed by atoms with Crippen LogP contribution in [-0.2, 0) is 9.59 Å². The molecule has 4 rings (SSSR count). The third kappa shape index (κ3) is 3.73. The maximum absolute atomic E-state index is 13.1. The molecule has 1 amide bonds. The molecule has 1 aromatic heterocycles. The highest BCUT2D eigenvalue weighted by Gasteiger charge is 2.48. The van der Waals surface area contributed by atoms with E-state index in [0.717, 1.165) is 5.69 Å². The minimum atomic E-state index is -0.897. The largest absolute Gasteiger partial charge is 0.507 e. The quantitative estimate of drug-likeness (QED) is 0.354. The van der Waals surface area contributed by atoms with Crippen LogP contribution < -0.4 is 14.5 Å². The van der Waals surface area contributed by atoms with Crippen LogP contribution in [0.1, 0.15) is 24.3 Å². The molecule has 1 N–H and O–H groups in total. The number of hydrogen-bond acceptors (Lipinski definition) is 6. The summed E-state index contributed by atoms with van der Waals surface area (Å²) in [6.07, 6.45) is 1.47. The van der Waals surface area contributed by atoms with Crippen LogP contribution in [0.15, 0.2) is 76.9 Å². The van der Waals surface area contributed by atoms with Crippen molar-refractivity contribution in [3.63, 3.8) is 0 Å². The van der Waals surface area contributed by atoms with Crippen molar-refractivity contribution in [2.24, 2.45) is 0 Å². The highest BCUT2D eigenvalue weighted by atomic mass is 16.5. The van der Waals surface area contributed by atoms with Crippen LogP contribution >= 0.6 is 0 Å². The molecule has 0 bridgehead atoms. The average Bonchev–Trinajstić information content (AvgIpc) is 3.41. The zero-order valence-electron chi connectivity index (χ0n) is 18.1. The van der Waals surface area contributed by atoms with Crippen molar-refractivity contribution in [3.8, 4) is 5.75 Å². The number of amides is 1. The third-order valence-corrected chi connectivity index (χ3v) is 5.32. The fraction of sp³-hybridized carbons (Fsp3) is 0.200. The Morgan fingerprint density at radius 3 is 2.47 bits per heavy atom. The summed E-state index contributed by atoms with van der Waals surface area (Å²) in [5.41, 5.74) is 1.83. The van der Waals surface area contributed by atoms with Gasteiger partial charge in [-0.05, 0) is 55.5 Å². The van der Waals surface area contributed by atoms with E-state index in [0.29, 0.717) is 29.4 Å². The van der Waals surface area contributed by atoms with E-state index < -0.39 is 17.7 Å². The van der Waals surface area contributed by atoms with Crippen molar-refractivity contribution in [3.05, 3.63) is 83.8 Å². The molecule has 0 aliphatic carbocycles. The first-order valence-corrected chi connectivity index (χ1v) is 10.3. The second-order valence-electron chi connectivity index (χ2n) is 7.56. The van der Waals surface area contributed by atoms with Gasteiger partial charge in [0.1, 0.15) is 23.3 Å². The second kappa shape index (κ2) is 8.63. The Labute approximate surface area is 186 Å². The summed E-state index contributed by atoms with van der Waals surface area (Å²) in [4.78, 5) is 29.5. The Morgan fingerprint density at radius 2 is 1.84 bits per heavy atom. The molecule has 1 fully saturated rings. The molecule has 3 aromatic rings. The Balaban J connectivity index is 1.85. The van der Waals surface area contributed by atoms with Gasteiger partial charge in [-0.2, -0.15) is 0 Å². The predicted octanol–water partition coefficient (Wildman–Crippen LogP) is 4.37. The summed E-state index contributed by atoms with van der Waals surface area (Å²) in [6.45, 7) is 2.32. The molecular weight excluding hydrogens is 408 g/mol. The number of furan rings is 1. The zero-order valence-corrected chi connectivity index (χ0v) is 18.1. The van der Waals surface area contributed by atoms with Crippen molar-refractivity contribution in [1.82, 2.24) is 0 Å². The molecule has 1 aliphatic rings. The predicted molar refractivity (Wildman–Crippen MR) is 122 cm³/mol.